The summed E-state index contributed by atoms with van der Waals surface area (Å²) in [6.45, 7) is 1.75. The molecular formula is C19H15BrN4O2. The molecule has 26 heavy (non-hydrogen) atoms. The van der Waals surface area contributed by atoms with Gasteiger partial charge in [0.2, 0.25) is 0 Å². The molecule has 0 aliphatic rings. The number of hydrazine groups is 1. The predicted molar refractivity (Wildman–Crippen MR) is 101 cm³/mol. The number of aryl methyl sites for hydroxylation is 1. The molecule has 0 aliphatic heterocycles. The molecule has 1 aromatic carbocycles. The highest BCUT2D eigenvalue weighted by Gasteiger charge is 2.13. The second-order valence-electron chi connectivity index (χ2n) is 5.49. The van der Waals surface area contributed by atoms with Crippen LogP contribution < -0.4 is 10.9 Å². The van der Waals surface area contributed by atoms with Gasteiger partial charge in [-0.1, -0.05) is 28.1 Å². The van der Waals surface area contributed by atoms with Gasteiger partial charge in [-0.3, -0.25) is 30.4 Å². The first-order chi connectivity index (χ1) is 12.5. The van der Waals surface area contributed by atoms with Crippen LogP contribution in [0.3, 0.4) is 0 Å². The topological polar surface area (TPSA) is 84.0 Å². The van der Waals surface area contributed by atoms with Gasteiger partial charge >= 0.3 is 0 Å². The average molecular weight is 411 g/mol. The number of pyridine rings is 2. The Bertz CT molecular complexity index is 961. The SMILES string of the molecule is Cc1nc(-c2cccc(Br)c2)ccc1C(=O)NNC(=O)c1cccnc1. The number of benzene rings is 1. The fourth-order valence-corrected chi connectivity index (χ4v) is 2.76. The monoisotopic (exact) mass is 410 g/mol. The zero-order valence-corrected chi connectivity index (χ0v) is 15.4. The average Bonchev–Trinajstić information content (AvgIpc) is 2.66. The third-order valence-corrected chi connectivity index (χ3v) is 4.16. The molecule has 130 valence electrons. The van der Waals surface area contributed by atoms with Crippen LogP contribution in [0.5, 0.6) is 0 Å². The fourth-order valence-electron chi connectivity index (χ4n) is 2.36. The van der Waals surface area contributed by atoms with Gasteiger partial charge in [-0.2, -0.15) is 0 Å². The van der Waals surface area contributed by atoms with Gasteiger partial charge in [-0.25, -0.2) is 0 Å². The lowest BCUT2D eigenvalue weighted by Crippen LogP contribution is -2.42. The van der Waals surface area contributed by atoms with Gasteiger partial charge in [-0.15, -0.1) is 0 Å². The van der Waals surface area contributed by atoms with E-state index in [0.29, 0.717) is 16.8 Å². The van der Waals surface area contributed by atoms with E-state index in [1.807, 2.05) is 24.3 Å². The number of nitrogens with one attached hydrogen (secondary N) is 2. The molecule has 7 heteroatoms. The fraction of sp³-hybridized carbons (Fsp3) is 0.0526. The summed E-state index contributed by atoms with van der Waals surface area (Å²) >= 11 is 3.43. The molecule has 0 bridgehead atoms. The van der Waals surface area contributed by atoms with E-state index in [4.69, 9.17) is 0 Å². The molecule has 0 aliphatic carbocycles. The Labute approximate surface area is 158 Å². The van der Waals surface area contributed by atoms with Gasteiger partial charge < -0.3 is 0 Å². The summed E-state index contributed by atoms with van der Waals surface area (Å²) in [6, 6.07) is 14.5. The number of nitrogens with zero attached hydrogens (tertiary/aromatic N) is 2. The van der Waals surface area contributed by atoms with E-state index in [2.05, 4.69) is 36.7 Å². The van der Waals surface area contributed by atoms with Crippen molar-refractivity contribution >= 4 is 27.7 Å². The zero-order valence-electron chi connectivity index (χ0n) is 13.9. The van der Waals surface area contributed by atoms with Crippen molar-refractivity contribution in [2.45, 2.75) is 6.92 Å². The highest BCUT2D eigenvalue weighted by molar-refractivity contribution is 9.10. The number of halogens is 1. The number of carbonyl (C=O) groups excluding carboxylic acids is 2. The number of amides is 2. The van der Waals surface area contributed by atoms with Gasteiger partial charge in [0.05, 0.1) is 22.5 Å². The van der Waals surface area contributed by atoms with Gasteiger partial charge in [-0.05, 0) is 43.3 Å². The zero-order chi connectivity index (χ0) is 18.5. The van der Waals surface area contributed by atoms with Crippen LogP contribution in [0.2, 0.25) is 0 Å². The van der Waals surface area contributed by atoms with Gasteiger partial charge in [0.15, 0.2) is 0 Å². The molecule has 0 unspecified atom stereocenters. The lowest BCUT2D eigenvalue weighted by molar-refractivity contribution is 0.0846. The summed E-state index contributed by atoms with van der Waals surface area (Å²) in [5.41, 5.74) is 7.77. The lowest BCUT2D eigenvalue weighted by Gasteiger charge is -2.10. The van der Waals surface area contributed by atoms with E-state index in [1.165, 1.54) is 6.20 Å². The molecule has 2 N–H and O–H groups in total. The predicted octanol–water partition coefficient (Wildman–Crippen LogP) is 3.29. The molecule has 2 amide bonds. The standard InChI is InChI=1S/C19H15BrN4O2/c1-12-16(7-8-17(22-12)13-4-2-6-15(20)10-13)19(26)24-23-18(25)14-5-3-9-21-11-14/h2-11H,1H3,(H,23,25)(H,24,26). The van der Waals surface area contributed by atoms with E-state index < -0.39 is 11.8 Å². The second-order valence-corrected chi connectivity index (χ2v) is 6.41. The molecule has 2 aromatic heterocycles. The van der Waals surface area contributed by atoms with E-state index in [-0.39, 0.29) is 0 Å². The second kappa shape index (κ2) is 7.88. The summed E-state index contributed by atoms with van der Waals surface area (Å²) in [5.74, 6) is -0.879. The summed E-state index contributed by atoms with van der Waals surface area (Å²) in [5, 5.41) is 0. The molecule has 3 aromatic rings. The summed E-state index contributed by atoms with van der Waals surface area (Å²) in [4.78, 5) is 32.6. The molecule has 0 saturated carbocycles. The molecule has 0 atom stereocenters. The first-order valence-corrected chi connectivity index (χ1v) is 8.58. The minimum absolute atomic E-state index is 0.354. The van der Waals surface area contributed by atoms with Crippen LogP contribution in [0, 0.1) is 6.92 Å². The third-order valence-electron chi connectivity index (χ3n) is 3.66. The van der Waals surface area contributed by atoms with E-state index >= 15 is 0 Å². The van der Waals surface area contributed by atoms with Gasteiger partial charge in [0, 0.05) is 22.4 Å². The largest absolute Gasteiger partial charge is 0.271 e. The Hall–Kier alpha value is -3.06. The normalized spacial score (nSPS) is 10.2. The van der Waals surface area contributed by atoms with Crippen LogP contribution in [0.15, 0.2) is 65.4 Å². The molecule has 2 heterocycles. The number of hydrogen-bond acceptors (Lipinski definition) is 4. The Kier molecular flexibility index (Phi) is 5.38. The molecule has 3 rings (SSSR count). The van der Waals surface area contributed by atoms with Gasteiger partial charge in [0.25, 0.3) is 11.8 Å². The van der Waals surface area contributed by atoms with Crippen molar-refractivity contribution in [1.29, 1.82) is 0 Å². The lowest BCUT2D eigenvalue weighted by atomic mass is 10.1. The van der Waals surface area contributed by atoms with Crippen LogP contribution in [0.25, 0.3) is 11.3 Å². The van der Waals surface area contributed by atoms with Crippen molar-refractivity contribution < 1.29 is 9.59 Å². The number of hydrogen-bond donors (Lipinski definition) is 2. The van der Waals surface area contributed by atoms with Crippen LogP contribution in [0.1, 0.15) is 26.4 Å². The van der Waals surface area contributed by atoms with Crippen molar-refractivity contribution in [2.24, 2.45) is 0 Å². The van der Waals surface area contributed by atoms with Crippen LogP contribution >= 0.6 is 15.9 Å². The van der Waals surface area contributed by atoms with E-state index in [1.54, 1.807) is 37.4 Å². The third kappa shape index (κ3) is 4.12. The maximum Gasteiger partial charge on any atom is 0.271 e. The van der Waals surface area contributed by atoms with Crippen molar-refractivity contribution in [3.63, 3.8) is 0 Å². The Morgan fingerprint density at radius 3 is 2.50 bits per heavy atom. The Balaban J connectivity index is 1.71. The van der Waals surface area contributed by atoms with Crippen molar-refractivity contribution in [3.05, 3.63) is 82.2 Å². The molecule has 0 spiro atoms. The Morgan fingerprint density at radius 1 is 1.00 bits per heavy atom. The van der Waals surface area contributed by atoms with Crippen molar-refractivity contribution in [3.8, 4) is 11.3 Å². The highest BCUT2D eigenvalue weighted by atomic mass is 79.9. The highest BCUT2D eigenvalue weighted by Crippen LogP contribution is 2.22. The van der Waals surface area contributed by atoms with Crippen LogP contribution in [-0.2, 0) is 0 Å². The van der Waals surface area contributed by atoms with Crippen LogP contribution in [-0.4, -0.2) is 21.8 Å². The first-order valence-electron chi connectivity index (χ1n) is 7.79. The number of aromatic nitrogens is 2. The summed E-state index contributed by atoms with van der Waals surface area (Å²) in [7, 11) is 0. The minimum atomic E-state index is -0.442. The molecule has 0 saturated heterocycles. The maximum absolute atomic E-state index is 12.3. The molecule has 6 nitrogen and oxygen atoms in total. The molecule has 0 fully saturated rings. The van der Waals surface area contributed by atoms with E-state index in [0.717, 1.165) is 15.7 Å². The van der Waals surface area contributed by atoms with Crippen LogP contribution in [0.4, 0.5) is 0 Å². The Morgan fingerprint density at radius 2 is 1.81 bits per heavy atom. The van der Waals surface area contributed by atoms with E-state index in [9.17, 15) is 9.59 Å². The summed E-state index contributed by atoms with van der Waals surface area (Å²) in [6.07, 6.45) is 2.98. The van der Waals surface area contributed by atoms with Gasteiger partial charge in [0.1, 0.15) is 0 Å². The van der Waals surface area contributed by atoms with Crippen molar-refractivity contribution in [1.82, 2.24) is 20.8 Å². The quantitative estimate of drug-likeness (QED) is 0.648. The molecular weight excluding hydrogens is 396 g/mol. The number of rotatable bonds is 3. The summed E-state index contributed by atoms with van der Waals surface area (Å²) < 4.78 is 0.953. The molecule has 0 radical (unpaired) electrons. The van der Waals surface area contributed by atoms with Crippen molar-refractivity contribution in [2.75, 3.05) is 0 Å². The number of carbonyl (C=O) groups is 2. The maximum atomic E-state index is 12.3. The smallest absolute Gasteiger partial charge is 0.267 e. The minimum Gasteiger partial charge on any atom is -0.267 e. The first kappa shape index (κ1) is 17.8.